The number of imide groups is 1. The minimum absolute atomic E-state index is 0.164. The number of ether oxygens (including phenoxy) is 2. The summed E-state index contributed by atoms with van der Waals surface area (Å²) in [7, 11) is 1.50. The fourth-order valence-electron chi connectivity index (χ4n) is 7.51. The van der Waals surface area contributed by atoms with E-state index >= 15 is 0 Å². The maximum absolute atomic E-state index is 13.4. The average molecular weight is 589 g/mol. The molecule has 8 nitrogen and oxygen atoms in total. The number of esters is 1. The van der Waals surface area contributed by atoms with Crippen LogP contribution >= 0.6 is 11.8 Å². The lowest BCUT2D eigenvalue weighted by Gasteiger charge is -2.55. The summed E-state index contributed by atoms with van der Waals surface area (Å²) in [4.78, 5) is 52.8. The standard InChI is InChI=1S/C33H36N2O6S/c1-19(2)24-5-7-25(8-6-24)34-29(36)18-35-30(37)28(42-32(35)39)14-20-4-9-26(27(13-20)40-3)41-31(38)33-15-21-10-22(16-33)12-23(11-21)17-33/h4-9,13-14,19,21-23H,10-12,15-18H2,1-3H3,(H,34,36)/b28-14-. The van der Waals surface area contributed by atoms with Crippen LogP contribution < -0.4 is 14.8 Å². The number of thioether (sulfide) groups is 1. The Labute approximate surface area is 250 Å². The molecule has 2 aromatic carbocycles. The van der Waals surface area contributed by atoms with Crippen molar-refractivity contribution in [2.24, 2.45) is 23.2 Å². The van der Waals surface area contributed by atoms with Crippen LogP contribution in [0.2, 0.25) is 0 Å². The van der Waals surface area contributed by atoms with Crippen LogP contribution in [0.15, 0.2) is 47.4 Å². The highest BCUT2D eigenvalue weighted by molar-refractivity contribution is 8.18. The SMILES string of the molecule is COc1cc(/C=C2\SC(=O)N(CC(=O)Nc3ccc(C(C)C)cc3)C2=O)ccc1OC(=O)C12CC3CC(CC(C3)C1)C2. The van der Waals surface area contributed by atoms with Crippen molar-refractivity contribution in [1.82, 2.24) is 4.90 Å². The maximum atomic E-state index is 13.4. The maximum Gasteiger partial charge on any atom is 0.317 e. The zero-order valence-electron chi connectivity index (χ0n) is 24.2. The van der Waals surface area contributed by atoms with Gasteiger partial charge in [-0.3, -0.25) is 24.1 Å². The smallest absolute Gasteiger partial charge is 0.317 e. The molecule has 1 heterocycles. The van der Waals surface area contributed by atoms with E-state index in [1.807, 2.05) is 12.1 Å². The van der Waals surface area contributed by atoms with Crippen molar-refractivity contribution in [3.05, 3.63) is 58.5 Å². The number of rotatable bonds is 8. The number of nitrogens with one attached hydrogen (secondary N) is 1. The van der Waals surface area contributed by atoms with Gasteiger partial charge in [-0.05, 0) is 115 Å². The van der Waals surface area contributed by atoms with Crippen molar-refractivity contribution < 1.29 is 28.7 Å². The minimum Gasteiger partial charge on any atom is -0.493 e. The normalized spacial score (nSPS) is 27.2. The molecule has 0 aromatic heterocycles. The van der Waals surface area contributed by atoms with Crippen molar-refractivity contribution in [2.75, 3.05) is 19.0 Å². The van der Waals surface area contributed by atoms with E-state index in [2.05, 4.69) is 19.2 Å². The molecule has 9 heteroatoms. The Bertz CT molecular complexity index is 1430. The predicted molar refractivity (Wildman–Crippen MR) is 161 cm³/mol. The van der Waals surface area contributed by atoms with Gasteiger partial charge in [0.1, 0.15) is 6.54 Å². The summed E-state index contributed by atoms with van der Waals surface area (Å²) in [5.74, 6) is 1.83. The first kappa shape index (κ1) is 28.5. The number of amides is 3. The molecular formula is C33H36N2O6S. The van der Waals surface area contributed by atoms with E-state index < -0.39 is 17.1 Å². The fourth-order valence-corrected chi connectivity index (χ4v) is 8.35. The molecule has 220 valence electrons. The fraction of sp³-hybridized carbons (Fsp3) is 0.455. The summed E-state index contributed by atoms with van der Waals surface area (Å²) < 4.78 is 11.5. The Morgan fingerprint density at radius 3 is 2.24 bits per heavy atom. The Balaban J connectivity index is 1.11. The number of methoxy groups -OCH3 is 1. The van der Waals surface area contributed by atoms with Crippen LogP contribution in [0.4, 0.5) is 10.5 Å². The molecule has 1 aliphatic heterocycles. The molecule has 2 aromatic rings. The third-order valence-electron chi connectivity index (χ3n) is 9.20. The molecule has 0 radical (unpaired) electrons. The van der Waals surface area contributed by atoms with Crippen LogP contribution in [0.25, 0.3) is 6.08 Å². The molecule has 5 aliphatic rings. The van der Waals surface area contributed by atoms with Gasteiger partial charge in [0.25, 0.3) is 11.1 Å². The van der Waals surface area contributed by atoms with Crippen LogP contribution in [-0.4, -0.2) is 41.6 Å². The van der Waals surface area contributed by atoms with Gasteiger partial charge >= 0.3 is 5.97 Å². The lowest BCUT2D eigenvalue weighted by molar-refractivity contribution is -0.161. The van der Waals surface area contributed by atoms with Crippen LogP contribution in [-0.2, 0) is 14.4 Å². The number of nitrogens with zero attached hydrogens (tertiary/aromatic N) is 1. The van der Waals surface area contributed by atoms with E-state index in [0.717, 1.165) is 41.5 Å². The van der Waals surface area contributed by atoms with Gasteiger partial charge in [0.15, 0.2) is 11.5 Å². The van der Waals surface area contributed by atoms with E-state index in [1.165, 1.54) is 26.4 Å². The molecule has 4 saturated carbocycles. The summed E-state index contributed by atoms with van der Waals surface area (Å²) in [6, 6.07) is 12.6. The van der Waals surface area contributed by atoms with Crippen LogP contribution in [0.3, 0.4) is 0 Å². The van der Waals surface area contributed by atoms with Crippen molar-refractivity contribution >= 4 is 46.5 Å². The lowest BCUT2D eigenvalue weighted by atomic mass is 9.49. The second-order valence-corrected chi connectivity index (χ2v) is 13.6. The third-order valence-corrected chi connectivity index (χ3v) is 10.1. The lowest BCUT2D eigenvalue weighted by Crippen LogP contribution is -2.51. The molecule has 1 saturated heterocycles. The number of carbonyl (C=O) groups excluding carboxylic acids is 4. The van der Waals surface area contributed by atoms with E-state index in [1.54, 1.807) is 36.4 Å². The van der Waals surface area contributed by atoms with Crippen LogP contribution in [0.1, 0.15) is 69.4 Å². The van der Waals surface area contributed by atoms with Gasteiger partial charge in [-0.2, -0.15) is 0 Å². The number of anilines is 1. The van der Waals surface area contributed by atoms with Gasteiger partial charge in [0, 0.05) is 5.69 Å². The highest BCUT2D eigenvalue weighted by Crippen LogP contribution is 2.60. The largest absolute Gasteiger partial charge is 0.493 e. The van der Waals surface area contributed by atoms with Crippen LogP contribution in [0, 0.1) is 23.2 Å². The molecule has 42 heavy (non-hydrogen) atoms. The second kappa shape index (κ2) is 11.2. The molecule has 1 N–H and O–H groups in total. The minimum atomic E-state index is -0.536. The van der Waals surface area contributed by atoms with E-state index in [4.69, 9.17) is 9.47 Å². The van der Waals surface area contributed by atoms with Gasteiger partial charge in [-0.25, -0.2) is 0 Å². The summed E-state index contributed by atoms with van der Waals surface area (Å²) in [5.41, 5.74) is 1.97. The van der Waals surface area contributed by atoms with E-state index in [0.29, 0.717) is 46.4 Å². The first-order chi connectivity index (χ1) is 20.1. The van der Waals surface area contributed by atoms with Crippen molar-refractivity contribution in [3.63, 3.8) is 0 Å². The Hall–Kier alpha value is -3.59. The molecule has 0 spiro atoms. The van der Waals surface area contributed by atoms with Gasteiger partial charge in [-0.1, -0.05) is 32.0 Å². The van der Waals surface area contributed by atoms with Gasteiger partial charge in [0.05, 0.1) is 17.4 Å². The first-order valence-electron chi connectivity index (χ1n) is 14.7. The molecule has 7 rings (SSSR count). The average Bonchev–Trinajstić information content (AvgIpc) is 3.20. The summed E-state index contributed by atoms with van der Waals surface area (Å²) in [5, 5.41) is 2.24. The zero-order chi connectivity index (χ0) is 29.6. The summed E-state index contributed by atoms with van der Waals surface area (Å²) in [6.45, 7) is 3.80. The Kier molecular flexibility index (Phi) is 7.64. The highest BCUT2D eigenvalue weighted by Gasteiger charge is 2.55. The Morgan fingerprint density at radius 2 is 1.64 bits per heavy atom. The molecule has 5 fully saturated rings. The molecule has 4 bridgehead atoms. The first-order valence-corrected chi connectivity index (χ1v) is 15.5. The quantitative estimate of drug-likeness (QED) is 0.210. The van der Waals surface area contributed by atoms with Crippen molar-refractivity contribution in [1.29, 1.82) is 0 Å². The van der Waals surface area contributed by atoms with Crippen LogP contribution in [0.5, 0.6) is 11.5 Å². The molecule has 0 atom stereocenters. The van der Waals surface area contributed by atoms with E-state index in [-0.39, 0.29) is 22.8 Å². The topological polar surface area (TPSA) is 102 Å². The number of hydrogen-bond acceptors (Lipinski definition) is 7. The number of hydrogen-bond donors (Lipinski definition) is 1. The summed E-state index contributed by atoms with van der Waals surface area (Å²) in [6.07, 6.45) is 8.05. The monoisotopic (exact) mass is 588 g/mol. The number of carbonyl (C=O) groups is 4. The Morgan fingerprint density at radius 1 is 1.00 bits per heavy atom. The third kappa shape index (κ3) is 5.59. The summed E-state index contributed by atoms with van der Waals surface area (Å²) >= 11 is 0.783. The highest BCUT2D eigenvalue weighted by atomic mass is 32.2. The van der Waals surface area contributed by atoms with Gasteiger partial charge < -0.3 is 14.8 Å². The zero-order valence-corrected chi connectivity index (χ0v) is 25.0. The predicted octanol–water partition coefficient (Wildman–Crippen LogP) is 6.62. The molecule has 0 unspecified atom stereocenters. The number of benzene rings is 2. The van der Waals surface area contributed by atoms with Gasteiger partial charge in [-0.15, -0.1) is 0 Å². The molecular weight excluding hydrogens is 552 g/mol. The second-order valence-electron chi connectivity index (χ2n) is 12.6. The van der Waals surface area contributed by atoms with E-state index in [9.17, 15) is 19.2 Å². The van der Waals surface area contributed by atoms with Gasteiger partial charge in [0.2, 0.25) is 5.91 Å². The van der Waals surface area contributed by atoms with Crippen molar-refractivity contribution in [3.8, 4) is 11.5 Å². The molecule has 3 amide bonds. The van der Waals surface area contributed by atoms with Crippen molar-refractivity contribution in [2.45, 2.75) is 58.3 Å². The molecule has 4 aliphatic carbocycles.